The Morgan fingerprint density at radius 1 is 1.11 bits per heavy atom. The van der Waals surface area contributed by atoms with Gasteiger partial charge in [-0.25, -0.2) is 0 Å². The van der Waals surface area contributed by atoms with E-state index in [4.69, 9.17) is 4.74 Å². The van der Waals surface area contributed by atoms with Crippen molar-refractivity contribution in [3.8, 4) is 5.75 Å². The maximum Gasteiger partial charge on any atom is 0.234 e. The van der Waals surface area contributed by atoms with Crippen LogP contribution >= 0.6 is 0 Å². The fourth-order valence-electron chi connectivity index (χ4n) is 3.46. The molecule has 2 rings (SSSR count). The minimum Gasteiger partial charge on any atom is -0.492 e. The molecule has 1 atom stereocenters. The molecular weight excluding hydrogens is 354 g/mol. The predicted octanol–water partition coefficient (Wildman–Crippen LogP) is 2.59. The molecule has 0 saturated carbocycles. The minimum atomic E-state index is -0.0164. The van der Waals surface area contributed by atoms with Gasteiger partial charge in [-0.05, 0) is 37.9 Å². The summed E-state index contributed by atoms with van der Waals surface area (Å²) in [6.07, 6.45) is 6.50. The van der Waals surface area contributed by atoms with Crippen LogP contribution in [0.25, 0.3) is 0 Å². The molecule has 1 fully saturated rings. The minimum absolute atomic E-state index is 0.00543. The lowest BCUT2D eigenvalue weighted by molar-refractivity contribution is -0.129. The lowest BCUT2D eigenvalue weighted by Crippen LogP contribution is -2.47. The molecule has 0 aromatic heterocycles. The monoisotopic (exact) mass is 389 g/mol. The summed E-state index contributed by atoms with van der Waals surface area (Å²) in [6.45, 7) is 5.73. The second kappa shape index (κ2) is 13.2. The summed E-state index contributed by atoms with van der Waals surface area (Å²) in [7, 11) is 0. The summed E-state index contributed by atoms with van der Waals surface area (Å²) in [5.41, 5.74) is 0. The molecule has 1 unspecified atom stereocenters. The molecule has 28 heavy (non-hydrogen) atoms. The number of carbonyl (C=O) groups excluding carboxylic acids is 2. The Morgan fingerprint density at radius 3 is 2.71 bits per heavy atom. The van der Waals surface area contributed by atoms with Crippen molar-refractivity contribution < 1.29 is 14.3 Å². The average molecular weight is 390 g/mol. The van der Waals surface area contributed by atoms with Crippen LogP contribution in [0, 0.1) is 5.92 Å². The van der Waals surface area contributed by atoms with Crippen LogP contribution in [0.4, 0.5) is 0 Å². The number of benzene rings is 1. The number of nitrogens with one attached hydrogen (secondary N) is 2. The van der Waals surface area contributed by atoms with E-state index < -0.39 is 0 Å². The largest absolute Gasteiger partial charge is 0.492 e. The van der Waals surface area contributed by atoms with Gasteiger partial charge in [-0.1, -0.05) is 44.4 Å². The summed E-state index contributed by atoms with van der Waals surface area (Å²) in [4.78, 5) is 26.6. The lowest BCUT2D eigenvalue weighted by atomic mass is 9.97. The molecule has 6 nitrogen and oxygen atoms in total. The van der Waals surface area contributed by atoms with Crippen molar-refractivity contribution in [2.45, 2.75) is 45.4 Å². The van der Waals surface area contributed by atoms with Crippen molar-refractivity contribution in [3.05, 3.63) is 30.3 Å². The van der Waals surface area contributed by atoms with Crippen molar-refractivity contribution >= 4 is 11.8 Å². The molecule has 1 aromatic rings. The van der Waals surface area contributed by atoms with E-state index in [1.165, 1.54) is 19.3 Å². The van der Waals surface area contributed by atoms with Gasteiger partial charge in [-0.2, -0.15) is 0 Å². The number of amides is 2. The second-order valence-electron chi connectivity index (χ2n) is 7.44. The Balaban J connectivity index is 1.59. The molecule has 1 aromatic carbocycles. The Morgan fingerprint density at radius 2 is 1.93 bits per heavy atom. The molecule has 0 spiro atoms. The molecular formula is C22H35N3O3. The topological polar surface area (TPSA) is 70.7 Å². The zero-order chi connectivity index (χ0) is 20.0. The maximum absolute atomic E-state index is 12.4. The average Bonchev–Trinajstić information content (AvgIpc) is 2.72. The molecule has 0 bridgehead atoms. The van der Waals surface area contributed by atoms with Gasteiger partial charge in [0.25, 0.3) is 0 Å². The summed E-state index contributed by atoms with van der Waals surface area (Å²) < 4.78 is 5.58. The summed E-state index contributed by atoms with van der Waals surface area (Å²) in [6, 6.07) is 9.56. The zero-order valence-corrected chi connectivity index (χ0v) is 17.1. The number of hydrogen-bond acceptors (Lipinski definition) is 4. The third-order valence-electron chi connectivity index (χ3n) is 5.01. The van der Waals surface area contributed by atoms with Crippen LogP contribution in [0.3, 0.4) is 0 Å². The van der Waals surface area contributed by atoms with Gasteiger partial charge < -0.3 is 15.4 Å². The van der Waals surface area contributed by atoms with E-state index in [0.29, 0.717) is 26.2 Å². The number of para-hydroxylation sites is 1. The highest BCUT2D eigenvalue weighted by Gasteiger charge is 2.26. The molecule has 156 valence electrons. The number of nitrogens with zero attached hydrogens (tertiary/aromatic N) is 1. The third-order valence-corrected chi connectivity index (χ3v) is 5.01. The Labute approximate surface area is 169 Å². The van der Waals surface area contributed by atoms with Gasteiger partial charge in [0.1, 0.15) is 12.4 Å². The molecule has 1 aliphatic rings. The Bertz CT molecular complexity index is 580. The molecule has 1 saturated heterocycles. The predicted molar refractivity (Wildman–Crippen MR) is 111 cm³/mol. The maximum atomic E-state index is 12.4. The number of carbonyl (C=O) groups is 2. The fraction of sp³-hybridized carbons (Fsp3) is 0.636. The van der Waals surface area contributed by atoms with E-state index in [2.05, 4.69) is 22.5 Å². The van der Waals surface area contributed by atoms with Gasteiger partial charge in [-0.15, -0.1) is 0 Å². The van der Waals surface area contributed by atoms with E-state index >= 15 is 0 Å². The van der Waals surface area contributed by atoms with Gasteiger partial charge in [-0.3, -0.25) is 14.5 Å². The van der Waals surface area contributed by atoms with Crippen LogP contribution in [-0.2, 0) is 9.59 Å². The number of likely N-dealkylation sites (tertiary alicyclic amines) is 1. The summed E-state index contributed by atoms with van der Waals surface area (Å²) in [5, 5.41) is 5.95. The SMILES string of the molecule is CCCCCCNC(=O)C1CCCN(CC(=O)NCCOc2ccccc2)C1. The van der Waals surface area contributed by atoms with Gasteiger partial charge in [0.05, 0.1) is 19.0 Å². The van der Waals surface area contributed by atoms with E-state index in [1.54, 1.807) is 0 Å². The van der Waals surface area contributed by atoms with Crippen LogP contribution in [0.2, 0.25) is 0 Å². The van der Waals surface area contributed by atoms with Crippen molar-refractivity contribution in [2.75, 3.05) is 39.3 Å². The van der Waals surface area contributed by atoms with E-state index in [-0.39, 0.29) is 17.7 Å². The second-order valence-corrected chi connectivity index (χ2v) is 7.44. The fourth-order valence-corrected chi connectivity index (χ4v) is 3.46. The van der Waals surface area contributed by atoms with Gasteiger partial charge in [0.2, 0.25) is 11.8 Å². The smallest absolute Gasteiger partial charge is 0.234 e. The van der Waals surface area contributed by atoms with Crippen molar-refractivity contribution in [3.63, 3.8) is 0 Å². The van der Waals surface area contributed by atoms with Gasteiger partial charge in [0, 0.05) is 13.1 Å². The number of rotatable bonds is 12. The Hall–Kier alpha value is -2.08. The highest BCUT2D eigenvalue weighted by molar-refractivity contribution is 5.80. The Kier molecular flexibility index (Phi) is 10.4. The highest BCUT2D eigenvalue weighted by Crippen LogP contribution is 2.16. The van der Waals surface area contributed by atoms with Crippen molar-refractivity contribution in [1.82, 2.24) is 15.5 Å². The number of hydrogen-bond donors (Lipinski definition) is 2. The first-order valence-corrected chi connectivity index (χ1v) is 10.6. The first kappa shape index (κ1) is 22.2. The van der Waals surface area contributed by atoms with Crippen LogP contribution in [-0.4, -0.2) is 56.0 Å². The number of unbranched alkanes of at least 4 members (excludes halogenated alkanes) is 3. The normalized spacial score (nSPS) is 17.1. The first-order chi connectivity index (χ1) is 13.7. The highest BCUT2D eigenvalue weighted by atomic mass is 16.5. The van der Waals surface area contributed by atoms with Crippen LogP contribution in [0.1, 0.15) is 45.4 Å². The summed E-state index contributed by atoms with van der Waals surface area (Å²) >= 11 is 0. The standard InChI is InChI=1S/C22H35N3O3/c1-2-3-4-8-13-24-22(27)19-10-9-15-25(17-19)18-21(26)23-14-16-28-20-11-6-5-7-12-20/h5-7,11-12,19H,2-4,8-10,13-18H2,1H3,(H,23,26)(H,24,27). The first-order valence-electron chi connectivity index (χ1n) is 10.6. The number of piperidine rings is 1. The van der Waals surface area contributed by atoms with E-state index in [1.807, 2.05) is 30.3 Å². The van der Waals surface area contributed by atoms with Crippen LogP contribution in [0.15, 0.2) is 30.3 Å². The molecule has 2 amide bonds. The van der Waals surface area contributed by atoms with Gasteiger partial charge >= 0.3 is 0 Å². The van der Waals surface area contributed by atoms with Crippen molar-refractivity contribution in [2.24, 2.45) is 5.92 Å². The lowest BCUT2D eigenvalue weighted by Gasteiger charge is -2.31. The van der Waals surface area contributed by atoms with Crippen molar-refractivity contribution in [1.29, 1.82) is 0 Å². The molecule has 1 heterocycles. The molecule has 0 radical (unpaired) electrons. The van der Waals surface area contributed by atoms with E-state index in [9.17, 15) is 9.59 Å². The van der Waals surface area contributed by atoms with E-state index in [0.717, 1.165) is 38.1 Å². The van der Waals surface area contributed by atoms with Gasteiger partial charge in [0.15, 0.2) is 0 Å². The summed E-state index contributed by atoms with van der Waals surface area (Å²) in [5.74, 6) is 0.917. The van der Waals surface area contributed by atoms with Crippen LogP contribution in [0.5, 0.6) is 5.75 Å². The molecule has 1 aliphatic heterocycles. The quantitative estimate of drug-likeness (QED) is 0.539. The number of ether oxygens (including phenoxy) is 1. The molecule has 6 heteroatoms. The molecule has 2 N–H and O–H groups in total. The third kappa shape index (κ3) is 8.74. The molecule has 0 aliphatic carbocycles. The van der Waals surface area contributed by atoms with Crippen LogP contribution < -0.4 is 15.4 Å². The zero-order valence-electron chi connectivity index (χ0n) is 17.1.